The van der Waals surface area contributed by atoms with Crippen LogP contribution in [0.3, 0.4) is 0 Å². The minimum atomic E-state index is 0.538. The van der Waals surface area contributed by atoms with Gasteiger partial charge in [-0.2, -0.15) is 0 Å². The van der Waals surface area contributed by atoms with Crippen molar-refractivity contribution in [3.8, 4) is 0 Å². The number of likely N-dealkylation sites (tertiary alicyclic amines) is 1. The monoisotopic (exact) mass is 324 g/mol. The number of nitrogens with zero attached hydrogens (tertiary/aromatic N) is 1. The van der Waals surface area contributed by atoms with E-state index in [1.807, 2.05) is 0 Å². The highest BCUT2D eigenvalue weighted by Crippen LogP contribution is 2.37. The summed E-state index contributed by atoms with van der Waals surface area (Å²) in [6, 6.07) is 9.26. The summed E-state index contributed by atoms with van der Waals surface area (Å²) in [5, 5.41) is 3.39. The van der Waals surface area contributed by atoms with Gasteiger partial charge < -0.3 is 5.32 Å². The van der Waals surface area contributed by atoms with E-state index in [4.69, 9.17) is 0 Å². The molecule has 0 aliphatic carbocycles. The van der Waals surface area contributed by atoms with Gasteiger partial charge in [0.2, 0.25) is 0 Å². The van der Waals surface area contributed by atoms with Crippen LogP contribution >= 0.6 is 15.9 Å². The zero-order chi connectivity index (χ0) is 13.7. The highest BCUT2D eigenvalue weighted by atomic mass is 79.9. The van der Waals surface area contributed by atoms with Gasteiger partial charge in [0.1, 0.15) is 0 Å². The molecule has 0 spiro atoms. The molecule has 1 heterocycles. The first kappa shape index (κ1) is 15.0. The second kappa shape index (κ2) is 7.41. The summed E-state index contributed by atoms with van der Waals surface area (Å²) in [6.45, 7) is 5.74. The first-order valence-corrected chi connectivity index (χ1v) is 8.20. The van der Waals surface area contributed by atoms with E-state index in [0.29, 0.717) is 12.0 Å². The zero-order valence-corrected chi connectivity index (χ0v) is 13.6. The molecular weight excluding hydrogens is 300 g/mol. The van der Waals surface area contributed by atoms with E-state index >= 15 is 0 Å². The van der Waals surface area contributed by atoms with Gasteiger partial charge in [-0.05, 0) is 57.1 Å². The van der Waals surface area contributed by atoms with Gasteiger partial charge in [0.25, 0.3) is 0 Å². The number of benzene rings is 1. The summed E-state index contributed by atoms with van der Waals surface area (Å²) < 4.78 is 1.25. The van der Waals surface area contributed by atoms with Crippen LogP contribution in [-0.4, -0.2) is 31.6 Å². The van der Waals surface area contributed by atoms with E-state index in [1.54, 1.807) is 0 Å². The lowest BCUT2D eigenvalue weighted by Crippen LogP contribution is -2.36. The van der Waals surface area contributed by atoms with E-state index in [-0.39, 0.29) is 0 Å². The Morgan fingerprint density at radius 1 is 1.32 bits per heavy atom. The van der Waals surface area contributed by atoms with Crippen molar-refractivity contribution >= 4 is 15.9 Å². The second-order valence-corrected chi connectivity index (χ2v) is 6.26. The molecule has 0 aromatic heterocycles. The van der Waals surface area contributed by atoms with Gasteiger partial charge in [0.15, 0.2) is 0 Å². The fourth-order valence-electron chi connectivity index (χ4n) is 3.31. The standard InChI is InChI=1S/C16H25BrN2/c1-3-19-11-7-6-8-13(12-18-2)16(19)14-9-4-5-10-15(14)17/h4-5,9-10,13,16,18H,3,6-8,11-12H2,1-2H3. The smallest absolute Gasteiger partial charge is 0.0399 e. The molecule has 3 heteroatoms. The van der Waals surface area contributed by atoms with Crippen LogP contribution in [0.1, 0.15) is 37.8 Å². The maximum absolute atomic E-state index is 3.75. The van der Waals surface area contributed by atoms with Gasteiger partial charge in [-0.3, -0.25) is 4.90 Å². The predicted molar refractivity (Wildman–Crippen MR) is 85.4 cm³/mol. The van der Waals surface area contributed by atoms with Crippen LogP contribution in [0.25, 0.3) is 0 Å². The van der Waals surface area contributed by atoms with Gasteiger partial charge in [-0.1, -0.05) is 47.5 Å². The van der Waals surface area contributed by atoms with E-state index in [9.17, 15) is 0 Å². The van der Waals surface area contributed by atoms with Crippen LogP contribution in [-0.2, 0) is 0 Å². The normalized spacial score (nSPS) is 25.2. The van der Waals surface area contributed by atoms with Crippen LogP contribution in [0.5, 0.6) is 0 Å². The van der Waals surface area contributed by atoms with E-state index in [2.05, 4.69) is 64.4 Å². The zero-order valence-electron chi connectivity index (χ0n) is 12.0. The Kier molecular flexibility index (Phi) is 5.86. The number of nitrogens with one attached hydrogen (secondary N) is 1. The van der Waals surface area contributed by atoms with Crippen LogP contribution in [0.15, 0.2) is 28.7 Å². The van der Waals surface area contributed by atoms with Crippen molar-refractivity contribution in [1.82, 2.24) is 10.2 Å². The molecule has 0 bridgehead atoms. The molecule has 1 aliphatic rings. The molecule has 1 N–H and O–H groups in total. The quantitative estimate of drug-likeness (QED) is 0.905. The molecule has 19 heavy (non-hydrogen) atoms. The van der Waals surface area contributed by atoms with E-state index in [0.717, 1.165) is 13.1 Å². The third-order valence-electron chi connectivity index (χ3n) is 4.21. The topological polar surface area (TPSA) is 15.3 Å². The first-order valence-electron chi connectivity index (χ1n) is 7.41. The minimum Gasteiger partial charge on any atom is -0.319 e. The first-order chi connectivity index (χ1) is 9.27. The van der Waals surface area contributed by atoms with Crippen molar-refractivity contribution in [2.24, 2.45) is 5.92 Å². The second-order valence-electron chi connectivity index (χ2n) is 5.41. The van der Waals surface area contributed by atoms with Crippen LogP contribution < -0.4 is 5.32 Å². The van der Waals surface area contributed by atoms with Gasteiger partial charge in [0, 0.05) is 10.5 Å². The Morgan fingerprint density at radius 3 is 2.79 bits per heavy atom. The van der Waals surface area contributed by atoms with Crippen molar-refractivity contribution in [2.45, 2.75) is 32.2 Å². The molecule has 2 atom stereocenters. The molecule has 1 aromatic carbocycles. The largest absolute Gasteiger partial charge is 0.319 e. The van der Waals surface area contributed by atoms with Crippen LogP contribution in [0.2, 0.25) is 0 Å². The Hall–Kier alpha value is -0.380. The molecule has 106 valence electrons. The maximum Gasteiger partial charge on any atom is 0.0399 e. The molecule has 1 aromatic rings. The highest BCUT2D eigenvalue weighted by molar-refractivity contribution is 9.10. The Balaban J connectivity index is 2.34. The van der Waals surface area contributed by atoms with Gasteiger partial charge >= 0.3 is 0 Å². The van der Waals surface area contributed by atoms with Crippen LogP contribution in [0.4, 0.5) is 0 Å². The molecule has 1 fully saturated rings. The number of halogens is 1. The molecule has 0 amide bonds. The molecule has 2 nitrogen and oxygen atoms in total. The summed E-state index contributed by atoms with van der Waals surface area (Å²) in [6.07, 6.45) is 4.00. The molecule has 2 rings (SSSR count). The maximum atomic E-state index is 3.75. The molecular formula is C16H25BrN2. The lowest BCUT2D eigenvalue weighted by molar-refractivity contribution is 0.162. The molecule has 2 unspecified atom stereocenters. The molecule has 0 radical (unpaired) electrons. The third-order valence-corrected chi connectivity index (χ3v) is 4.93. The number of rotatable bonds is 4. The van der Waals surface area contributed by atoms with Crippen molar-refractivity contribution in [3.63, 3.8) is 0 Å². The van der Waals surface area contributed by atoms with Crippen molar-refractivity contribution in [2.75, 3.05) is 26.7 Å². The SMILES string of the molecule is CCN1CCCCC(CNC)C1c1ccccc1Br. The summed E-state index contributed by atoms with van der Waals surface area (Å²) in [7, 11) is 2.07. The van der Waals surface area contributed by atoms with Gasteiger partial charge in [-0.25, -0.2) is 0 Å². The summed E-state index contributed by atoms with van der Waals surface area (Å²) in [5.41, 5.74) is 1.45. The third kappa shape index (κ3) is 3.59. The lowest BCUT2D eigenvalue weighted by atomic mass is 9.89. The Labute approximate surface area is 125 Å². The average molecular weight is 325 g/mol. The highest BCUT2D eigenvalue weighted by Gasteiger charge is 2.30. The molecule has 0 saturated carbocycles. The minimum absolute atomic E-state index is 0.538. The predicted octanol–water partition coefficient (Wildman–Crippen LogP) is 3.83. The summed E-state index contributed by atoms with van der Waals surface area (Å²) in [4.78, 5) is 2.65. The van der Waals surface area contributed by atoms with Gasteiger partial charge in [-0.15, -0.1) is 0 Å². The molecule has 1 aliphatic heterocycles. The van der Waals surface area contributed by atoms with Crippen LogP contribution in [0, 0.1) is 5.92 Å². The van der Waals surface area contributed by atoms with Crippen molar-refractivity contribution < 1.29 is 0 Å². The van der Waals surface area contributed by atoms with Crippen molar-refractivity contribution in [3.05, 3.63) is 34.3 Å². The Bertz CT molecular complexity index is 394. The summed E-state index contributed by atoms with van der Waals surface area (Å²) in [5.74, 6) is 0.700. The average Bonchev–Trinajstić information content (AvgIpc) is 2.62. The fourth-order valence-corrected chi connectivity index (χ4v) is 3.83. The number of hydrogen-bond donors (Lipinski definition) is 1. The van der Waals surface area contributed by atoms with E-state index < -0.39 is 0 Å². The van der Waals surface area contributed by atoms with Crippen molar-refractivity contribution in [1.29, 1.82) is 0 Å². The number of hydrogen-bond acceptors (Lipinski definition) is 2. The molecule has 1 saturated heterocycles. The lowest BCUT2D eigenvalue weighted by Gasteiger charge is -2.35. The van der Waals surface area contributed by atoms with E-state index in [1.165, 1.54) is 35.8 Å². The fraction of sp³-hybridized carbons (Fsp3) is 0.625. The van der Waals surface area contributed by atoms with Gasteiger partial charge in [0.05, 0.1) is 0 Å². The Morgan fingerprint density at radius 2 is 2.11 bits per heavy atom. The summed E-state index contributed by atoms with van der Waals surface area (Å²) >= 11 is 3.75.